The Labute approximate surface area is 196 Å². The predicted molar refractivity (Wildman–Crippen MR) is 110 cm³/mol. The number of rotatable bonds is 11. The molecule has 34 heavy (non-hydrogen) atoms. The fourth-order valence-electron chi connectivity index (χ4n) is 2.79. The maximum Gasteiger partial charge on any atom is 0.303 e. The molecule has 0 aliphatic carbocycles. The van der Waals surface area contributed by atoms with Crippen LogP contribution in [0.4, 0.5) is 0 Å². The number of ether oxygens (including phenoxy) is 5. The van der Waals surface area contributed by atoms with Gasteiger partial charge < -0.3 is 23.7 Å². The highest BCUT2D eigenvalue weighted by Gasteiger charge is 2.46. The molecule has 0 aromatic carbocycles. The van der Waals surface area contributed by atoms with Gasteiger partial charge in [-0.1, -0.05) is 0 Å². The molecular weight excluding hydrogens is 460 g/mol. The maximum atomic E-state index is 12.3. The lowest BCUT2D eigenvalue weighted by atomic mass is 9.99. The van der Waals surface area contributed by atoms with Gasteiger partial charge in [-0.05, 0) is 0 Å². The van der Waals surface area contributed by atoms with Crippen molar-refractivity contribution < 1.29 is 57.2 Å². The number of nitrogens with zero attached hydrogens (tertiary/aromatic N) is 1. The smallest absolute Gasteiger partial charge is 0.303 e. The second-order valence-electron chi connectivity index (χ2n) is 7.03. The molecule has 0 bridgehead atoms. The summed E-state index contributed by atoms with van der Waals surface area (Å²) in [6, 6.07) is -1.46. The molecule has 2 amide bonds. The van der Waals surface area contributed by atoms with E-state index in [1.807, 2.05) is 0 Å². The Morgan fingerprint density at radius 2 is 1.06 bits per heavy atom. The molecule has 0 aliphatic rings. The van der Waals surface area contributed by atoms with Crippen LogP contribution in [0.2, 0.25) is 0 Å². The van der Waals surface area contributed by atoms with E-state index in [0.29, 0.717) is 5.01 Å². The van der Waals surface area contributed by atoms with Crippen LogP contribution in [0.15, 0.2) is 0 Å². The van der Waals surface area contributed by atoms with E-state index in [1.165, 1.54) is 0 Å². The molecule has 0 spiro atoms. The molecule has 4 atom stereocenters. The molecule has 1 N–H and O–H groups in total. The molecule has 0 aromatic rings. The van der Waals surface area contributed by atoms with E-state index >= 15 is 0 Å². The predicted octanol–water partition coefficient (Wildman–Crippen LogP) is -0.824. The second-order valence-corrected chi connectivity index (χ2v) is 7.03. The van der Waals surface area contributed by atoms with Crippen LogP contribution >= 0.6 is 0 Å². The molecule has 192 valence electrons. The minimum absolute atomic E-state index is 0.620. The molecule has 0 saturated heterocycles. The van der Waals surface area contributed by atoms with Gasteiger partial charge >= 0.3 is 29.8 Å². The summed E-state index contributed by atoms with van der Waals surface area (Å²) in [4.78, 5) is 82.4. The van der Waals surface area contributed by atoms with Gasteiger partial charge in [0.05, 0.1) is 0 Å². The van der Waals surface area contributed by atoms with Crippen LogP contribution in [-0.4, -0.2) is 84.2 Å². The molecule has 0 aliphatic heterocycles. The molecule has 0 saturated carbocycles. The highest BCUT2D eigenvalue weighted by Crippen LogP contribution is 2.21. The monoisotopic (exact) mass is 490 g/mol. The summed E-state index contributed by atoms with van der Waals surface area (Å²) >= 11 is 0. The molecule has 0 aromatic heterocycles. The van der Waals surface area contributed by atoms with Crippen LogP contribution in [-0.2, 0) is 57.2 Å². The van der Waals surface area contributed by atoms with Gasteiger partial charge in [-0.3, -0.25) is 39.0 Å². The molecular formula is C20H30N2O12. The van der Waals surface area contributed by atoms with Gasteiger partial charge in [-0.15, -0.1) is 0 Å². The molecule has 0 radical (unpaired) electrons. The van der Waals surface area contributed by atoms with Crippen molar-refractivity contribution in [3.05, 3.63) is 0 Å². The second kappa shape index (κ2) is 14.4. The molecule has 0 fully saturated rings. The quantitative estimate of drug-likeness (QED) is 0.216. The Bertz CT molecular complexity index is 796. The van der Waals surface area contributed by atoms with Crippen molar-refractivity contribution in [1.29, 1.82) is 0 Å². The highest BCUT2D eigenvalue weighted by molar-refractivity contribution is 5.80. The van der Waals surface area contributed by atoms with E-state index in [4.69, 9.17) is 23.7 Å². The first kappa shape index (κ1) is 30.3. The summed E-state index contributed by atoms with van der Waals surface area (Å²) in [5.41, 5.74) is 2.22. The number of esters is 5. The van der Waals surface area contributed by atoms with E-state index in [0.717, 1.165) is 48.5 Å². The zero-order valence-corrected chi connectivity index (χ0v) is 20.1. The van der Waals surface area contributed by atoms with Crippen LogP contribution in [0.3, 0.4) is 0 Å². The third-order valence-electron chi connectivity index (χ3n) is 3.85. The fraction of sp³-hybridized carbons (Fsp3) is 0.650. The third-order valence-corrected chi connectivity index (χ3v) is 3.85. The van der Waals surface area contributed by atoms with Crippen LogP contribution in [0.1, 0.15) is 48.5 Å². The van der Waals surface area contributed by atoms with Gasteiger partial charge in [0, 0.05) is 48.5 Å². The van der Waals surface area contributed by atoms with E-state index in [2.05, 4.69) is 5.43 Å². The number of nitrogens with one attached hydrogen (secondary N) is 1. The third kappa shape index (κ3) is 11.8. The summed E-state index contributed by atoms with van der Waals surface area (Å²) in [5, 5.41) is 0.714. The Morgan fingerprint density at radius 3 is 1.44 bits per heavy atom. The Morgan fingerprint density at radius 1 is 0.618 bits per heavy atom. The summed E-state index contributed by atoms with van der Waals surface area (Å²) in [7, 11) is 0. The van der Waals surface area contributed by atoms with Crippen LogP contribution in [0.25, 0.3) is 0 Å². The largest absolute Gasteiger partial charge is 0.463 e. The van der Waals surface area contributed by atoms with E-state index < -0.39 is 79.2 Å². The van der Waals surface area contributed by atoms with Crippen molar-refractivity contribution in [2.75, 3.05) is 13.2 Å². The zero-order chi connectivity index (χ0) is 26.6. The lowest BCUT2D eigenvalue weighted by Gasteiger charge is -2.39. The van der Waals surface area contributed by atoms with E-state index in [1.54, 1.807) is 0 Å². The van der Waals surface area contributed by atoms with Crippen molar-refractivity contribution >= 4 is 41.7 Å². The number of carbonyl (C=O) groups excluding carboxylic acids is 7. The molecule has 0 unspecified atom stereocenters. The number of hydrazine groups is 1. The first-order chi connectivity index (χ1) is 15.6. The average Bonchev–Trinajstić information content (AvgIpc) is 2.66. The number of hydrogen-bond donors (Lipinski definition) is 1. The minimum atomic E-state index is -1.67. The molecule has 14 heteroatoms. The summed E-state index contributed by atoms with van der Waals surface area (Å²) in [6.45, 7) is 6.08. The fourth-order valence-corrected chi connectivity index (χ4v) is 2.79. The number of hydrogen-bond acceptors (Lipinski definition) is 12. The molecule has 0 heterocycles. The SMILES string of the molecule is CC(=O)NN(C(C)=O)[C@H](COC(C)=O)[C@@H](OC(C)=O)[C@@H](OC(C)=O)[C@@H](COC(C)=O)OC(C)=O. The van der Waals surface area contributed by atoms with Gasteiger partial charge in [-0.2, -0.15) is 0 Å². The molecule has 14 nitrogen and oxygen atoms in total. The normalized spacial score (nSPS) is 13.7. The minimum Gasteiger partial charge on any atom is -0.463 e. The standard InChI is InChI=1S/C20H30N2O12/c1-10(23)21-22(11(2)24)17(8-30-12(3)25)19(33-15(6)28)20(34-16(7)29)18(32-14(5)27)9-31-13(4)26/h17-20H,8-9H2,1-7H3,(H,21,23)/t17-,18-,19-,20+/m1/s1. The topological polar surface area (TPSA) is 181 Å². The maximum absolute atomic E-state index is 12.3. The van der Waals surface area contributed by atoms with Crippen LogP contribution in [0, 0.1) is 0 Å². The lowest BCUT2D eigenvalue weighted by Crippen LogP contribution is -2.63. The van der Waals surface area contributed by atoms with Gasteiger partial charge in [0.15, 0.2) is 18.3 Å². The van der Waals surface area contributed by atoms with Crippen LogP contribution < -0.4 is 5.43 Å². The van der Waals surface area contributed by atoms with Crippen molar-refractivity contribution in [2.24, 2.45) is 0 Å². The Balaban J connectivity index is 6.74. The number of amides is 2. The van der Waals surface area contributed by atoms with Gasteiger partial charge in [0.1, 0.15) is 19.3 Å². The van der Waals surface area contributed by atoms with Gasteiger partial charge in [0.2, 0.25) is 11.8 Å². The van der Waals surface area contributed by atoms with Crippen molar-refractivity contribution in [3.8, 4) is 0 Å². The Hall–Kier alpha value is -3.71. The summed E-state index contributed by atoms with van der Waals surface area (Å²) < 4.78 is 25.6. The van der Waals surface area contributed by atoms with Crippen LogP contribution in [0.5, 0.6) is 0 Å². The zero-order valence-electron chi connectivity index (χ0n) is 20.1. The first-order valence-electron chi connectivity index (χ1n) is 10.0. The van der Waals surface area contributed by atoms with Gasteiger partial charge in [0.25, 0.3) is 0 Å². The van der Waals surface area contributed by atoms with E-state index in [-0.39, 0.29) is 0 Å². The Kier molecular flexibility index (Phi) is 12.9. The van der Waals surface area contributed by atoms with Crippen molar-refractivity contribution in [3.63, 3.8) is 0 Å². The first-order valence-corrected chi connectivity index (χ1v) is 10.0. The summed E-state index contributed by atoms with van der Waals surface area (Å²) in [5.74, 6) is -5.71. The van der Waals surface area contributed by atoms with Gasteiger partial charge in [-0.25, -0.2) is 5.01 Å². The van der Waals surface area contributed by atoms with E-state index in [9.17, 15) is 33.6 Å². The summed E-state index contributed by atoms with van der Waals surface area (Å²) in [6.07, 6.45) is -4.85. The average molecular weight is 490 g/mol. The van der Waals surface area contributed by atoms with Crippen molar-refractivity contribution in [2.45, 2.75) is 72.8 Å². The van der Waals surface area contributed by atoms with Crippen molar-refractivity contribution in [1.82, 2.24) is 10.4 Å². The highest BCUT2D eigenvalue weighted by atomic mass is 16.6. The number of carbonyl (C=O) groups is 7. The lowest BCUT2D eigenvalue weighted by molar-refractivity contribution is -0.199. The molecule has 0 rings (SSSR count).